The Balaban J connectivity index is 0.00000312. The van der Waals surface area contributed by atoms with E-state index in [1.54, 1.807) is 4.90 Å². The van der Waals surface area contributed by atoms with Crippen LogP contribution >= 0.6 is 24.0 Å². The summed E-state index contributed by atoms with van der Waals surface area (Å²) in [6.07, 6.45) is 4.15. The summed E-state index contributed by atoms with van der Waals surface area (Å²) < 4.78 is 0. The topological polar surface area (TPSA) is 56.7 Å². The first-order chi connectivity index (χ1) is 11.6. The lowest BCUT2D eigenvalue weighted by molar-refractivity contribution is -0.138. The number of hydrogen-bond donors (Lipinski definition) is 2. The van der Waals surface area contributed by atoms with Crippen molar-refractivity contribution in [1.29, 1.82) is 0 Å². The molecule has 25 heavy (non-hydrogen) atoms. The number of guanidine groups is 1. The number of nitrogens with one attached hydrogen (secondary N) is 2. The summed E-state index contributed by atoms with van der Waals surface area (Å²) in [6, 6.07) is 10.2. The van der Waals surface area contributed by atoms with E-state index in [9.17, 15) is 4.79 Å². The van der Waals surface area contributed by atoms with Crippen molar-refractivity contribution in [2.75, 3.05) is 27.2 Å². The molecular formula is C19H31IN4O. The monoisotopic (exact) mass is 458 g/mol. The smallest absolute Gasteiger partial charge is 0.230 e. The molecule has 2 rings (SSSR count). The summed E-state index contributed by atoms with van der Waals surface area (Å²) >= 11 is 0. The maximum Gasteiger partial charge on any atom is 0.230 e. The lowest BCUT2D eigenvalue weighted by Gasteiger charge is -2.31. The molecule has 5 nitrogen and oxygen atoms in total. The second kappa shape index (κ2) is 10.6. The predicted octanol–water partition coefficient (Wildman–Crippen LogP) is 3.01. The van der Waals surface area contributed by atoms with Gasteiger partial charge in [0.05, 0.1) is 12.0 Å². The summed E-state index contributed by atoms with van der Waals surface area (Å²) in [5, 5.41) is 6.68. The van der Waals surface area contributed by atoms with E-state index in [2.05, 4.69) is 34.7 Å². The van der Waals surface area contributed by atoms with Crippen molar-refractivity contribution >= 4 is 35.8 Å². The van der Waals surface area contributed by atoms with Gasteiger partial charge in [0.15, 0.2) is 5.96 Å². The van der Waals surface area contributed by atoms with Crippen LogP contribution in [0.25, 0.3) is 0 Å². The number of carbonyl (C=O) groups is 1. The van der Waals surface area contributed by atoms with Gasteiger partial charge in [0.25, 0.3) is 0 Å². The Hall–Kier alpha value is -1.31. The molecule has 1 saturated carbocycles. The zero-order chi connectivity index (χ0) is 17.4. The van der Waals surface area contributed by atoms with E-state index in [1.807, 2.05) is 32.3 Å². The maximum absolute atomic E-state index is 12.6. The number of aliphatic imine (C=N–C) groups is 1. The highest BCUT2D eigenvalue weighted by molar-refractivity contribution is 14.0. The standard InChI is InChI=1S/C19H30N4O.HI/c1-4-20-18(21-14-16-10-6-5-7-11-16)22-15-19(12-8-9-13-19)17(24)23(2)3;/h5-7,10-11H,4,8-9,12-15H2,1-3H3,(H2,20,21,22);1H. The summed E-state index contributed by atoms with van der Waals surface area (Å²) in [5.41, 5.74) is 0.890. The molecule has 6 heteroatoms. The van der Waals surface area contributed by atoms with Crippen LogP contribution in [0.15, 0.2) is 35.3 Å². The normalized spacial score (nSPS) is 16.0. The van der Waals surface area contributed by atoms with Gasteiger partial charge < -0.3 is 15.5 Å². The minimum absolute atomic E-state index is 0. The van der Waals surface area contributed by atoms with Crippen molar-refractivity contribution in [2.45, 2.75) is 39.2 Å². The van der Waals surface area contributed by atoms with Crippen molar-refractivity contribution in [3.05, 3.63) is 35.9 Å². The molecule has 0 atom stereocenters. The van der Waals surface area contributed by atoms with Crippen LogP contribution in [0.5, 0.6) is 0 Å². The molecule has 140 valence electrons. The number of amides is 1. The van der Waals surface area contributed by atoms with E-state index < -0.39 is 0 Å². The van der Waals surface area contributed by atoms with Crippen molar-refractivity contribution < 1.29 is 4.79 Å². The molecular weight excluding hydrogens is 427 g/mol. The maximum atomic E-state index is 12.6. The van der Waals surface area contributed by atoms with Crippen LogP contribution < -0.4 is 10.6 Å². The number of rotatable bonds is 6. The van der Waals surface area contributed by atoms with Crippen molar-refractivity contribution in [3.63, 3.8) is 0 Å². The highest BCUT2D eigenvalue weighted by Crippen LogP contribution is 2.38. The highest BCUT2D eigenvalue weighted by atomic mass is 127. The van der Waals surface area contributed by atoms with Crippen LogP contribution in [-0.4, -0.2) is 44.0 Å². The Kier molecular flexibility index (Phi) is 9.24. The fourth-order valence-corrected chi connectivity index (χ4v) is 3.34. The Morgan fingerprint density at radius 3 is 2.36 bits per heavy atom. The molecule has 1 fully saturated rings. The summed E-state index contributed by atoms with van der Waals surface area (Å²) in [6.45, 7) is 4.13. The first kappa shape index (κ1) is 21.7. The lowest BCUT2D eigenvalue weighted by Crippen LogP contribution is -2.49. The van der Waals surface area contributed by atoms with Crippen molar-refractivity contribution in [2.24, 2.45) is 10.4 Å². The SMILES string of the molecule is CCNC(=NCc1ccccc1)NCC1(C(=O)N(C)C)CCCC1.I. The van der Waals surface area contributed by atoms with E-state index >= 15 is 0 Å². The average molecular weight is 458 g/mol. The first-order valence-corrected chi connectivity index (χ1v) is 8.85. The van der Waals surface area contributed by atoms with Crippen molar-refractivity contribution in [3.8, 4) is 0 Å². The molecule has 0 aliphatic heterocycles. The molecule has 0 aromatic heterocycles. The Morgan fingerprint density at radius 2 is 1.80 bits per heavy atom. The van der Waals surface area contributed by atoms with Gasteiger partial charge in [0.2, 0.25) is 5.91 Å². The molecule has 1 aromatic rings. The quantitative estimate of drug-likeness (QED) is 0.392. The van der Waals surface area contributed by atoms with Crippen LogP contribution in [0.4, 0.5) is 0 Å². The van der Waals surface area contributed by atoms with Gasteiger partial charge in [-0.25, -0.2) is 4.99 Å². The second-order valence-electron chi connectivity index (χ2n) is 6.72. The minimum Gasteiger partial charge on any atom is -0.357 e. The number of nitrogens with zero attached hydrogens (tertiary/aromatic N) is 2. The minimum atomic E-state index is -0.285. The van der Waals surface area contributed by atoms with Gasteiger partial charge in [-0.3, -0.25) is 4.79 Å². The van der Waals surface area contributed by atoms with Crippen LogP contribution in [0.3, 0.4) is 0 Å². The molecule has 1 aliphatic rings. The van der Waals surface area contributed by atoms with Gasteiger partial charge in [0.1, 0.15) is 0 Å². The van der Waals surface area contributed by atoms with E-state index in [0.29, 0.717) is 13.1 Å². The molecule has 1 aliphatic carbocycles. The summed E-state index contributed by atoms with van der Waals surface area (Å²) in [5.74, 6) is 1.01. The number of hydrogen-bond acceptors (Lipinski definition) is 2. The molecule has 0 spiro atoms. The largest absolute Gasteiger partial charge is 0.357 e. The zero-order valence-corrected chi connectivity index (χ0v) is 17.9. The van der Waals surface area contributed by atoms with Gasteiger partial charge in [-0.15, -0.1) is 24.0 Å². The molecule has 0 bridgehead atoms. The summed E-state index contributed by atoms with van der Waals surface area (Å²) in [4.78, 5) is 19.0. The lowest BCUT2D eigenvalue weighted by atomic mass is 9.84. The van der Waals surface area contributed by atoms with E-state index in [0.717, 1.165) is 38.2 Å². The predicted molar refractivity (Wildman–Crippen MR) is 114 cm³/mol. The molecule has 1 amide bonds. The van der Waals surface area contributed by atoms with Gasteiger partial charge in [-0.2, -0.15) is 0 Å². The Bertz CT molecular complexity index is 554. The Labute approximate surface area is 168 Å². The third-order valence-electron chi connectivity index (χ3n) is 4.62. The van der Waals surface area contributed by atoms with Crippen LogP contribution in [0.1, 0.15) is 38.2 Å². The average Bonchev–Trinajstić information content (AvgIpc) is 3.07. The summed E-state index contributed by atoms with van der Waals surface area (Å²) in [7, 11) is 3.69. The van der Waals surface area contributed by atoms with Crippen LogP contribution in [0, 0.1) is 5.41 Å². The molecule has 0 unspecified atom stereocenters. The third kappa shape index (κ3) is 6.17. The molecule has 0 radical (unpaired) electrons. The van der Waals surface area contributed by atoms with Crippen LogP contribution in [0.2, 0.25) is 0 Å². The van der Waals surface area contributed by atoms with E-state index in [1.165, 1.54) is 5.56 Å². The zero-order valence-electron chi connectivity index (χ0n) is 15.5. The second-order valence-corrected chi connectivity index (χ2v) is 6.72. The first-order valence-electron chi connectivity index (χ1n) is 8.85. The molecule has 0 saturated heterocycles. The van der Waals surface area contributed by atoms with Gasteiger partial charge in [-0.1, -0.05) is 43.2 Å². The van der Waals surface area contributed by atoms with E-state index in [-0.39, 0.29) is 35.3 Å². The van der Waals surface area contributed by atoms with Crippen LogP contribution in [-0.2, 0) is 11.3 Å². The third-order valence-corrected chi connectivity index (χ3v) is 4.62. The highest BCUT2D eigenvalue weighted by Gasteiger charge is 2.42. The Morgan fingerprint density at radius 1 is 1.16 bits per heavy atom. The fourth-order valence-electron chi connectivity index (χ4n) is 3.34. The molecule has 2 N–H and O–H groups in total. The number of benzene rings is 1. The molecule has 1 aromatic carbocycles. The van der Waals surface area contributed by atoms with Gasteiger partial charge in [-0.05, 0) is 25.3 Å². The molecule has 0 heterocycles. The van der Waals surface area contributed by atoms with E-state index in [4.69, 9.17) is 0 Å². The fraction of sp³-hybridized carbons (Fsp3) is 0.579. The number of carbonyl (C=O) groups excluding carboxylic acids is 1. The van der Waals surface area contributed by atoms with Crippen molar-refractivity contribution in [1.82, 2.24) is 15.5 Å². The van der Waals surface area contributed by atoms with Gasteiger partial charge >= 0.3 is 0 Å². The number of halogens is 1. The van der Waals surface area contributed by atoms with Gasteiger partial charge in [0, 0.05) is 27.2 Å².